The zero-order chi connectivity index (χ0) is 19.6. The van der Waals surface area contributed by atoms with Gasteiger partial charge < -0.3 is 4.57 Å². The summed E-state index contributed by atoms with van der Waals surface area (Å²) in [4.78, 5) is 24.7. The molecule has 0 atom stereocenters. The highest BCUT2D eigenvalue weighted by Crippen LogP contribution is 2.21. The summed E-state index contributed by atoms with van der Waals surface area (Å²) in [5.74, 6) is -1.61. The molecule has 7 heteroatoms. The molecule has 0 radical (unpaired) electrons. The van der Waals surface area contributed by atoms with Gasteiger partial charge in [0.15, 0.2) is 0 Å². The number of carbonyl (C=O) groups is 2. The van der Waals surface area contributed by atoms with Crippen LogP contribution < -0.4 is 10.9 Å². The van der Waals surface area contributed by atoms with Gasteiger partial charge in [-0.2, -0.15) is 0 Å². The van der Waals surface area contributed by atoms with Crippen molar-refractivity contribution in [3.63, 3.8) is 0 Å². The summed E-state index contributed by atoms with van der Waals surface area (Å²) >= 11 is 3.19. The first-order chi connectivity index (χ1) is 12.9. The summed E-state index contributed by atoms with van der Waals surface area (Å²) in [6.45, 7) is 3.74. The molecule has 1 aromatic heterocycles. The molecule has 2 amide bonds. The first kappa shape index (κ1) is 18.8. The van der Waals surface area contributed by atoms with Crippen LogP contribution in [0.1, 0.15) is 32.1 Å². The molecule has 0 aliphatic heterocycles. The van der Waals surface area contributed by atoms with E-state index in [0.717, 1.165) is 23.1 Å². The van der Waals surface area contributed by atoms with Crippen molar-refractivity contribution < 1.29 is 14.0 Å². The number of halogens is 2. The van der Waals surface area contributed by atoms with Crippen LogP contribution in [0.2, 0.25) is 0 Å². The van der Waals surface area contributed by atoms with Gasteiger partial charge in [-0.1, -0.05) is 18.2 Å². The third-order valence-electron chi connectivity index (χ3n) is 4.15. The second kappa shape index (κ2) is 7.75. The average Bonchev–Trinajstić information content (AvgIpc) is 2.96. The Morgan fingerprint density at radius 2 is 1.56 bits per heavy atom. The molecule has 0 aliphatic carbocycles. The number of aryl methyl sites for hydroxylation is 1. The maximum Gasteiger partial charge on any atom is 0.271 e. The quantitative estimate of drug-likeness (QED) is 0.616. The Balaban J connectivity index is 1.77. The lowest BCUT2D eigenvalue weighted by Gasteiger charge is -2.11. The largest absolute Gasteiger partial charge is 0.318 e. The molecule has 138 valence electrons. The second-order valence-electron chi connectivity index (χ2n) is 5.99. The number of hydrazine groups is 1. The van der Waals surface area contributed by atoms with Crippen molar-refractivity contribution >= 4 is 27.7 Å². The van der Waals surface area contributed by atoms with E-state index in [9.17, 15) is 14.0 Å². The van der Waals surface area contributed by atoms with Gasteiger partial charge in [0.05, 0.1) is 11.1 Å². The Labute approximate surface area is 164 Å². The molecule has 2 aromatic carbocycles. The Bertz CT molecular complexity index is 1020. The van der Waals surface area contributed by atoms with E-state index in [1.165, 1.54) is 12.1 Å². The van der Waals surface area contributed by atoms with Crippen molar-refractivity contribution in [2.45, 2.75) is 13.8 Å². The SMILES string of the molecule is Cc1cc(C(=O)NNC(=O)c2cc(F)ccc2Br)c(C)n1-c1ccccc1. The Morgan fingerprint density at radius 1 is 0.926 bits per heavy atom. The minimum Gasteiger partial charge on any atom is -0.318 e. The number of rotatable bonds is 3. The van der Waals surface area contributed by atoms with Gasteiger partial charge in [0, 0.05) is 21.5 Å². The molecule has 0 saturated heterocycles. The highest BCUT2D eigenvalue weighted by molar-refractivity contribution is 9.10. The highest BCUT2D eigenvalue weighted by atomic mass is 79.9. The first-order valence-corrected chi connectivity index (χ1v) is 8.98. The van der Waals surface area contributed by atoms with Crippen LogP contribution in [0.3, 0.4) is 0 Å². The molecule has 5 nitrogen and oxygen atoms in total. The molecule has 0 bridgehead atoms. The topological polar surface area (TPSA) is 63.1 Å². The number of hydrogen-bond acceptors (Lipinski definition) is 2. The monoisotopic (exact) mass is 429 g/mol. The molecule has 0 fully saturated rings. The van der Waals surface area contributed by atoms with E-state index in [4.69, 9.17) is 0 Å². The fourth-order valence-electron chi connectivity index (χ4n) is 2.89. The first-order valence-electron chi connectivity index (χ1n) is 8.18. The van der Waals surface area contributed by atoms with Gasteiger partial charge >= 0.3 is 0 Å². The van der Waals surface area contributed by atoms with Gasteiger partial charge in [-0.15, -0.1) is 0 Å². The summed E-state index contributed by atoms with van der Waals surface area (Å²) in [7, 11) is 0. The Hall–Kier alpha value is -2.93. The molecule has 0 unspecified atom stereocenters. The lowest BCUT2D eigenvalue weighted by molar-refractivity contribution is 0.0845. The van der Waals surface area contributed by atoms with E-state index < -0.39 is 17.6 Å². The summed E-state index contributed by atoms with van der Waals surface area (Å²) in [6.07, 6.45) is 0. The van der Waals surface area contributed by atoms with Crippen LogP contribution in [0, 0.1) is 19.7 Å². The van der Waals surface area contributed by atoms with E-state index in [1.807, 2.05) is 48.7 Å². The normalized spacial score (nSPS) is 10.5. The summed E-state index contributed by atoms with van der Waals surface area (Å²) in [5.41, 5.74) is 7.81. The minimum atomic E-state index is -0.619. The molecular weight excluding hydrogens is 413 g/mol. The molecule has 2 N–H and O–H groups in total. The molecule has 0 aliphatic rings. The third-order valence-corrected chi connectivity index (χ3v) is 4.84. The number of nitrogens with one attached hydrogen (secondary N) is 2. The van der Waals surface area contributed by atoms with Gasteiger partial charge in [-0.05, 0) is 66.2 Å². The van der Waals surface area contributed by atoms with E-state index >= 15 is 0 Å². The average molecular weight is 430 g/mol. The number of hydrogen-bond donors (Lipinski definition) is 2. The minimum absolute atomic E-state index is 0.0880. The predicted molar refractivity (Wildman–Crippen MR) is 104 cm³/mol. The van der Waals surface area contributed by atoms with Crippen LogP contribution in [-0.2, 0) is 0 Å². The van der Waals surface area contributed by atoms with Crippen molar-refractivity contribution in [1.82, 2.24) is 15.4 Å². The number of aromatic nitrogens is 1. The van der Waals surface area contributed by atoms with Crippen LogP contribution >= 0.6 is 15.9 Å². The summed E-state index contributed by atoms with van der Waals surface area (Å²) < 4.78 is 15.7. The molecule has 3 rings (SSSR count). The van der Waals surface area contributed by atoms with E-state index in [1.54, 1.807) is 6.07 Å². The maximum absolute atomic E-state index is 13.3. The summed E-state index contributed by atoms with van der Waals surface area (Å²) in [5, 5.41) is 0. The fraction of sp³-hybridized carbons (Fsp3) is 0.100. The molecule has 0 saturated carbocycles. The maximum atomic E-state index is 13.3. The number of carbonyl (C=O) groups excluding carboxylic acids is 2. The van der Waals surface area contributed by atoms with Gasteiger partial charge in [-0.3, -0.25) is 20.4 Å². The third kappa shape index (κ3) is 3.93. The van der Waals surface area contributed by atoms with E-state index in [-0.39, 0.29) is 5.56 Å². The van der Waals surface area contributed by atoms with E-state index in [2.05, 4.69) is 26.8 Å². The Morgan fingerprint density at radius 3 is 2.22 bits per heavy atom. The zero-order valence-corrected chi connectivity index (χ0v) is 16.3. The number of nitrogens with zero attached hydrogens (tertiary/aromatic N) is 1. The zero-order valence-electron chi connectivity index (χ0n) is 14.7. The van der Waals surface area contributed by atoms with Gasteiger partial charge in [0.2, 0.25) is 0 Å². The molecule has 0 spiro atoms. The number of benzene rings is 2. The van der Waals surface area contributed by atoms with Gasteiger partial charge in [0.1, 0.15) is 5.82 Å². The molecule has 1 heterocycles. The van der Waals surface area contributed by atoms with Crippen molar-refractivity contribution in [2.24, 2.45) is 0 Å². The van der Waals surface area contributed by atoms with Gasteiger partial charge in [-0.25, -0.2) is 4.39 Å². The lowest BCUT2D eigenvalue weighted by atomic mass is 10.2. The molecular formula is C20H17BrFN3O2. The Kier molecular flexibility index (Phi) is 5.41. The van der Waals surface area contributed by atoms with Gasteiger partial charge in [0.25, 0.3) is 11.8 Å². The molecule has 3 aromatic rings. The summed E-state index contributed by atoms with van der Waals surface area (Å²) in [6, 6.07) is 15.2. The van der Waals surface area contributed by atoms with E-state index in [0.29, 0.717) is 10.0 Å². The van der Waals surface area contributed by atoms with Crippen LogP contribution in [0.5, 0.6) is 0 Å². The standard InChI is InChI=1S/C20H17BrFN3O2/c1-12-10-16(13(2)25(12)15-6-4-3-5-7-15)19(26)23-24-20(27)17-11-14(22)8-9-18(17)21/h3-11H,1-2H3,(H,23,26)(H,24,27). The molecule has 27 heavy (non-hydrogen) atoms. The van der Waals surface area contributed by atoms with Crippen LogP contribution in [0.4, 0.5) is 4.39 Å². The number of para-hydroxylation sites is 1. The number of amides is 2. The van der Waals surface area contributed by atoms with Crippen molar-refractivity contribution in [3.05, 3.63) is 87.4 Å². The second-order valence-corrected chi connectivity index (χ2v) is 6.84. The predicted octanol–water partition coefficient (Wildman–Crippen LogP) is 4.07. The van der Waals surface area contributed by atoms with Crippen LogP contribution in [0.25, 0.3) is 5.69 Å². The highest BCUT2D eigenvalue weighted by Gasteiger charge is 2.18. The van der Waals surface area contributed by atoms with Crippen molar-refractivity contribution in [2.75, 3.05) is 0 Å². The lowest BCUT2D eigenvalue weighted by Crippen LogP contribution is -2.42. The fourth-order valence-corrected chi connectivity index (χ4v) is 3.31. The smallest absolute Gasteiger partial charge is 0.271 e. The van der Waals surface area contributed by atoms with Crippen LogP contribution in [0.15, 0.2) is 59.1 Å². The van der Waals surface area contributed by atoms with Crippen molar-refractivity contribution in [1.29, 1.82) is 0 Å². The van der Waals surface area contributed by atoms with Crippen LogP contribution in [-0.4, -0.2) is 16.4 Å². The van der Waals surface area contributed by atoms with Crippen molar-refractivity contribution in [3.8, 4) is 5.69 Å².